The quantitative estimate of drug-likeness (QED) is 0.647. The standard InChI is InChI=1S/C15H21NO3/c1-2-11-4-3-7-16(9-11)10-15(19)12-5-6-13(17)14(18)8-12/h5-6,8,11,17-18H,2-4,7,9-10H2,1H3. The molecule has 0 amide bonds. The molecule has 1 saturated heterocycles. The van der Waals surface area contributed by atoms with E-state index in [0.29, 0.717) is 18.0 Å². The van der Waals surface area contributed by atoms with Gasteiger partial charge in [-0.2, -0.15) is 0 Å². The number of rotatable bonds is 4. The SMILES string of the molecule is CCC1CCCN(CC(=O)c2ccc(O)c(O)c2)C1. The highest BCUT2D eigenvalue weighted by molar-refractivity contribution is 5.98. The maximum absolute atomic E-state index is 12.1. The molecule has 1 heterocycles. The number of Topliss-reactive ketones (excluding diaryl/α,β-unsaturated/α-hetero) is 1. The zero-order valence-electron chi connectivity index (χ0n) is 11.3. The zero-order chi connectivity index (χ0) is 13.8. The Hall–Kier alpha value is -1.55. The Bertz CT molecular complexity index is 459. The van der Waals surface area contributed by atoms with Crippen molar-refractivity contribution in [3.63, 3.8) is 0 Å². The summed E-state index contributed by atoms with van der Waals surface area (Å²) in [5.74, 6) is 0.248. The van der Waals surface area contributed by atoms with Crippen LogP contribution in [0.25, 0.3) is 0 Å². The maximum atomic E-state index is 12.1. The lowest BCUT2D eigenvalue weighted by Gasteiger charge is -2.31. The Kier molecular flexibility index (Phi) is 4.43. The van der Waals surface area contributed by atoms with Crippen LogP contribution in [-0.2, 0) is 0 Å². The lowest BCUT2D eigenvalue weighted by atomic mass is 9.95. The lowest BCUT2D eigenvalue weighted by molar-refractivity contribution is 0.0884. The topological polar surface area (TPSA) is 60.8 Å². The molecule has 0 aliphatic carbocycles. The molecule has 0 aromatic heterocycles. The van der Waals surface area contributed by atoms with Crippen LogP contribution < -0.4 is 0 Å². The van der Waals surface area contributed by atoms with Gasteiger partial charge in [0.25, 0.3) is 0 Å². The van der Waals surface area contributed by atoms with Crippen molar-refractivity contribution in [2.75, 3.05) is 19.6 Å². The molecule has 1 fully saturated rings. The van der Waals surface area contributed by atoms with Crippen LogP contribution in [0.1, 0.15) is 36.5 Å². The molecule has 19 heavy (non-hydrogen) atoms. The molecule has 2 N–H and O–H groups in total. The molecule has 4 heteroatoms. The minimum absolute atomic E-state index is 0.00736. The molecular formula is C15H21NO3. The summed E-state index contributed by atoms with van der Waals surface area (Å²) in [6.45, 7) is 4.52. The molecule has 2 rings (SSSR count). The number of phenols is 2. The molecule has 0 radical (unpaired) electrons. The van der Waals surface area contributed by atoms with Crippen molar-refractivity contribution in [1.29, 1.82) is 0 Å². The van der Waals surface area contributed by atoms with E-state index in [-0.39, 0.29) is 17.3 Å². The van der Waals surface area contributed by atoms with Crippen LogP contribution in [0.4, 0.5) is 0 Å². The second kappa shape index (κ2) is 6.06. The number of nitrogens with zero attached hydrogens (tertiary/aromatic N) is 1. The molecule has 1 aliphatic heterocycles. The third-order valence-electron chi connectivity index (χ3n) is 3.85. The fourth-order valence-corrected chi connectivity index (χ4v) is 2.62. The lowest BCUT2D eigenvalue weighted by Crippen LogP contribution is -2.38. The maximum Gasteiger partial charge on any atom is 0.176 e. The van der Waals surface area contributed by atoms with E-state index in [4.69, 9.17) is 0 Å². The average molecular weight is 263 g/mol. The monoisotopic (exact) mass is 263 g/mol. The van der Waals surface area contributed by atoms with Gasteiger partial charge in [0, 0.05) is 12.1 Å². The van der Waals surface area contributed by atoms with Crippen LogP contribution in [-0.4, -0.2) is 40.5 Å². The van der Waals surface area contributed by atoms with Crippen LogP contribution in [0, 0.1) is 5.92 Å². The smallest absolute Gasteiger partial charge is 0.176 e. The Morgan fingerprint density at radius 3 is 2.84 bits per heavy atom. The number of benzene rings is 1. The molecule has 104 valence electrons. The van der Waals surface area contributed by atoms with Gasteiger partial charge in [-0.3, -0.25) is 9.69 Å². The Labute approximate surface area is 113 Å². The predicted octanol–water partition coefficient (Wildman–Crippen LogP) is 2.40. The van der Waals surface area contributed by atoms with Gasteiger partial charge in [0.15, 0.2) is 17.3 Å². The summed E-state index contributed by atoms with van der Waals surface area (Å²) in [4.78, 5) is 14.3. The number of carbonyl (C=O) groups excluding carboxylic acids is 1. The molecule has 1 atom stereocenters. The Balaban J connectivity index is 1.98. The number of aromatic hydroxyl groups is 2. The summed E-state index contributed by atoms with van der Waals surface area (Å²) in [6, 6.07) is 4.24. The summed E-state index contributed by atoms with van der Waals surface area (Å²) >= 11 is 0. The summed E-state index contributed by atoms with van der Waals surface area (Å²) < 4.78 is 0. The minimum atomic E-state index is -0.240. The largest absolute Gasteiger partial charge is 0.504 e. The van der Waals surface area contributed by atoms with E-state index in [1.165, 1.54) is 18.6 Å². The highest BCUT2D eigenvalue weighted by Crippen LogP contribution is 2.25. The zero-order valence-corrected chi connectivity index (χ0v) is 11.3. The molecule has 0 bridgehead atoms. The highest BCUT2D eigenvalue weighted by atomic mass is 16.3. The number of hydrogen-bond acceptors (Lipinski definition) is 4. The first-order valence-corrected chi connectivity index (χ1v) is 6.87. The van der Waals surface area contributed by atoms with Crippen molar-refractivity contribution in [1.82, 2.24) is 4.90 Å². The van der Waals surface area contributed by atoms with Gasteiger partial charge in [-0.1, -0.05) is 13.3 Å². The van der Waals surface area contributed by atoms with E-state index in [2.05, 4.69) is 11.8 Å². The normalized spacial score (nSPS) is 20.4. The second-order valence-electron chi connectivity index (χ2n) is 5.28. The molecule has 1 aromatic rings. The summed E-state index contributed by atoms with van der Waals surface area (Å²) in [6.07, 6.45) is 3.55. The number of ketones is 1. The first kappa shape index (κ1) is 13.9. The van der Waals surface area contributed by atoms with Crippen LogP contribution in [0.3, 0.4) is 0 Å². The first-order valence-electron chi connectivity index (χ1n) is 6.87. The fraction of sp³-hybridized carbons (Fsp3) is 0.533. The third kappa shape index (κ3) is 3.47. The van der Waals surface area contributed by atoms with Gasteiger partial charge in [-0.05, 0) is 43.5 Å². The summed E-state index contributed by atoms with van der Waals surface area (Å²) in [5, 5.41) is 18.7. The van der Waals surface area contributed by atoms with Gasteiger partial charge < -0.3 is 10.2 Å². The van der Waals surface area contributed by atoms with E-state index in [1.807, 2.05) is 0 Å². The number of carbonyl (C=O) groups is 1. The van der Waals surface area contributed by atoms with E-state index in [9.17, 15) is 15.0 Å². The first-order chi connectivity index (χ1) is 9.10. The van der Waals surface area contributed by atoms with Crippen molar-refractivity contribution < 1.29 is 15.0 Å². The molecule has 0 saturated carbocycles. The van der Waals surface area contributed by atoms with Crippen LogP contribution in [0.5, 0.6) is 11.5 Å². The van der Waals surface area contributed by atoms with Crippen LogP contribution >= 0.6 is 0 Å². The predicted molar refractivity (Wildman–Crippen MR) is 73.6 cm³/mol. The van der Waals surface area contributed by atoms with Gasteiger partial charge in [-0.25, -0.2) is 0 Å². The van der Waals surface area contributed by atoms with E-state index in [1.54, 1.807) is 6.07 Å². The van der Waals surface area contributed by atoms with Crippen molar-refractivity contribution in [2.45, 2.75) is 26.2 Å². The van der Waals surface area contributed by atoms with Crippen molar-refractivity contribution in [2.24, 2.45) is 5.92 Å². The van der Waals surface area contributed by atoms with Gasteiger partial charge >= 0.3 is 0 Å². The van der Waals surface area contributed by atoms with Crippen molar-refractivity contribution in [3.05, 3.63) is 23.8 Å². The highest BCUT2D eigenvalue weighted by Gasteiger charge is 2.21. The molecule has 1 aromatic carbocycles. The number of piperidine rings is 1. The third-order valence-corrected chi connectivity index (χ3v) is 3.85. The van der Waals surface area contributed by atoms with E-state index < -0.39 is 0 Å². The molecule has 4 nitrogen and oxygen atoms in total. The fourth-order valence-electron chi connectivity index (χ4n) is 2.62. The summed E-state index contributed by atoms with van der Waals surface area (Å²) in [7, 11) is 0. The average Bonchev–Trinajstić information content (AvgIpc) is 2.42. The van der Waals surface area contributed by atoms with Gasteiger partial charge in [-0.15, -0.1) is 0 Å². The number of phenolic OH excluding ortho intramolecular Hbond substituents is 2. The molecule has 1 aliphatic rings. The number of likely N-dealkylation sites (tertiary alicyclic amines) is 1. The van der Waals surface area contributed by atoms with Crippen molar-refractivity contribution in [3.8, 4) is 11.5 Å². The minimum Gasteiger partial charge on any atom is -0.504 e. The second-order valence-corrected chi connectivity index (χ2v) is 5.28. The van der Waals surface area contributed by atoms with Gasteiger partial charge in [0.2, 0.25) is 0 Å². The summed E-state index contributed by atoms with van der Waals surface area (Å²) in [5.41, 5.74) is 0.453. The van der Waals surface area contributed by atoms with Gasteiger partial charge in [0.05, 0.1) is 6.54 Å². The van der Waals surface area contributed by atoms with Crippen LogP contribution in [0.2, 0.25) is 0 Å². The number of hydrogen-bond donors (Lipinski definition) is 2. The Morgan fingerprint density at radius 2 is 2.16 bits per heavy atom. The van der Waals surface area contributed by atoms with E-state index in [0.717, 1.165) is 25.9 Å². The molecule has 1 unspecified atom stereocenters. The van der Waals surface area contributed by atoms with Crippen LogP contribution in [0.15, 0.2) is 18.2 Å². The van der Waals surface area contributed by atoms with E-state index >= 15 is 0 Å². The molecule has 0 spiro atoms. The van der Waals surface area contributed by atoms with Crippen molar-refractivity contribution >= 4 is 5.78 Å². The molecular weight excluding hydrogens is 242 g/mol. The van der Waals surface area contributed by atoms with Gasteiger partial charge in [0.1, 0.15) is 0 Å². The Morgan fingerprint density at radius 1 is 1.37 bits per heavy atom.